The molecule has 2 N–H and O–H groups in total. The van der Waals surface area contributed by atoms with Gasteiger partial charge < -0.3 is 5.32 Å². The van der Waals surface area contributed by atoms with Crippen molar-refractivity contribution in [3.63, 3.8) is 0 Å². The highest BCUT2D eigenvalue weighted by atomic mass is 32.2. The number of H-pyrrole nitrogens is 1. The topological polar surface area (TPSA) is 70.7 Å². The molecule has 1 aromatic heterocycles. The first-order chi connectivity index (χ1) is 8.19. The maximum absolute atomic E-state index is 11.8. The average Bonchev–Trinajstić information content (AvgIpc) is 2.77. The number of nitrogens with zero attached hydrogens (tertiary/aromatic N) is 2. The molecule has 0 aromatic carbocycles. The zero-order chi connectivity index (χ0) is 12.3. The summed E-state index contributed by atoms with van der Waals surface area (Å²) >= 11 is 1.92. The zero-order valence-electron chi connectivity index (χ0n) is 10.2. The smallest absolute Gasteiger partial charge is 0.291 e. The van der Waals surface area contributed by atoms with Gasteiger partial charge in [0.25, 0.3) is 5.91 Å². The van der Waals surface area contributed by atoms with Gasteiger partial charge in [-0.2, -0.15) is 11.8 Å². The van der Waals surface area contributed by atoms with Crippen LogP contribution in [0.25, 0.3) is 0 Å². The summed E-state index contributed by atoms with van der Waals surface area (Å²) in [4.78, 5) is 15.8. The predicted octanol–water partition coefficient (Wildman–Crippen LogP) is 1.52. The second-order valence-electron chi connectivity index (χ2n) is 4.43. The molecule has 1 amide bonds. The summed E-state index contributed by atoms with van der Waals surface area (Å²) < 4.78 is 0. The van der Waals surface area contributed by atoms with Crippen LogP contribution in [0, 0.1) is 6.92 Å². The van der Waals surface area contributed by atoms with Crippen LogP contribution in [-0.4, -0.2) is 38.6 Å². The number of rotatable bonds is 3. The van der Waals surface area contributed by atoms with E-state index in [0.717, 1.165) is 18.1 Å². The van der Waals surface area contributed by atoms with Crippen molar-refractivity contribution in [2.24, 2.45) is 0 Å². The number of carbonyl (C=O) groups is 1. The van der Waals surface area contributed by atoms with Crippen molar-refractivity contribution in [2.75, 3.05) is 6.26 Å². The Bertz CT molecular complexity index is 385. The number of carbonyl (C=O) groups excluding carboxylic acids is 1. The van der Waals surface area contributed by atoms with Crippen LogP contribution in [0.2, 0.25) is 0 Å². The van der Waals surface area contributed by atoms with Crippen LogP contribution < -0.4 is 5.32 Å². The molecular weight excluding hydrogens is 236 g/mol. The lowest BCUT2D eigenvalue weighted by molar-refractivity contribution is 0.0918. The second-order valence-corrected chi connectivity index (χ2v) is 5.57. The molecule has 1 aliphatic rings. The average molecular weight is 254 g/mol. The van der Waals surface area contributed by atoms with Crippen LogP contribution in [-0.2, 0) is 0 Å². The van der Waals surface area contributed by atoms with Gasteiger partial charge in [-0.3, -0.25) is 9.89 Å². The third kappa shape index (κ3) is 3.21. The Balaban J connectivity index is 1.84. The molecule has 1 saturated carbocycles. The first-order valence-electron chi connectivity index (χ1n) is 5.91. The number of aryl methyl sites for hydroxylation is 1. The van der Waals surface area contributed by atoms with Gasteiger partial charge in [0.05, 0.1) is 0 Å². The highest BCUT2D eigenvalue weighted by molar-refractivity contribution is 7.99. The minimum absolute atomic E-state index is 0.165. The number of thioether (sulfide) groups is 1. The molecule has 5 nitrogen and oxygen atoms in total. The number of nitrogens with one attached hydrogen (secondary N) is 2. The lowest BCUT2D eigenvalue weighted by Crippen LogP contribution is -2.38. The Labute approximate surface area is 105 Å². The van der Waals surface area contributed by atoms with Crippen molar-refractivity contribution < 1.29 is 4.79 Å². The minimum Gasteiger partial charge on any atom is -0.347 e. The largest absolute Gasteiger partial charge is 0.347 e. The molecule has 1 aliphatic carbocycles. The molecule has 94 valence electrons. The molecule has 1 aromatic rings. The molecule has 0 unspecified atom stereocenters. The Morgan fingerprint density at radius 2 is 2.12 bits per heavy atom. The summed E-state index contributed by atoms with van der Waals surface area (Å²) in [5.74, 6) is 0.748. The fraction of sp³-hybridized carbons (Fsp3) is 0.727. The molecular formula is C11H18N4OS. The van der Waals surface area contributed by atoms with Crippen LogP contribution in [0.5, 0.6) is 0 Å². The molecule has 2 rings (SSSR count). The van der Waals surface area contributed by atoms with Crippen molar-refractivity contribution in [3.8, 4) is 0 Å². The predicted molar refractivity (Wildman–Crippen MR) is 68.1 cm³/mol. The van der Waals surface area contributed by atoms with Crippen LogP contribution >= 0.6 is 11.8 Å². The van der Waals surface area contributed by atoms with Gasteiger partial charge in [0.2, 0.25) is 5.82 Å². The third-order valence-electron chi connectivity index (χ3n) is 3.14. The first-order valence-corrected chi connectivity index (χ1v) is 7.20. The number of hydrogen-bond donors (Lipinski definition) is 2. The zero-order valence-corrected chi connectivity index (χ0v) is 11.0. The summed E-state index contributed by atoms with van der Waals surface area (Å²) in [6.07, 6.45) is 6.62. The van der Waals surface area contributed by atoms with E-state index in [1.54, 1.807) is 6.92 Å². The SMILES string of the molecule is CSC1CCC(NC(=O)c2n[nH]c(C)n2)CC1. The summed E-state index contributed by atoms with van der Waals surface area (Å²) in [5, 5.41) is 10.3. The summed E-state index contributed by atoms with van der Waals surface area (Å²) in [6.45, 7) is 1.79. The normalized spacial score (nSPS) is 24.6. The quantitative estimate of drug-likeness (QED) is 0.858. The van der Waals surface area contributed by atoms with Crippen molar-refractivity contribution in [2.45, 2.75) is 43.9 Å². The number of aromatic nitrogens is 3. The highest BCUT2D eigenvalue weighted by Crippen LogP contribution is 2.26. The lowest BCUT2D eigenvalue weighted by Gasteiger charge is -2.27. The molecule has 0 radical (unpaired) electrons. The van der Waals surface area contributed by atoms with Gasteiger partial charge in [0.15, 0.2) is 0 Å². The van der Waals surface area contributed by atoms with Crippen LogP contribution in [0.15, 0.2) is 0 Å². The van der Waals surface area contributed by atoms with E-state index >= 15 is 0 Å². The van der Waals surface area contributed by atoms with Gasteiger partial charge in [0.1, 0.15) is 5.82 Å². The Kier molecular flexibility index (Phi) is 4.04. The Hall–Kier alpha value is -1.04. The fourth-order valence-electron chi connectivity index (χ4n) is 2.14. The number of amides is 1. The summed E-state index contributed by atoms with van der Waals surface area (Å²) in [7, 11) is 0. The molecule has 0 bridgehead atoms. The van der Waals surface area contributed by atoms with Crippen molar-refractivity contribution >= 4 is 17.7 Å². The van der Waals surface area contributed by atoms with Crippen LogP contribution in [0.4, 0.5) is 0 Å². The van der Waals surface area contributed by atoms with Gasteiger partial charge in [-0.05, 0) is 38.9 Å². The standard InChI is InChI=1S/C11H18N4OS/c1-7-12-10(15-14-7)11(16)13-8-3-5-9(17-2)6-4-8/h8-9H,3-6H2,1-2H3,(H,13,16)(H,12,14,15). The van der Waals surface area contributed by atoms with E-state index in [0.29, 0.717) is 5.82 Å². The van der Waals surface area contributed by atoms with E-state index < -0.39 is 0 Å². The van der Waals surface area contributed by atoms with E-state index in [4.69, 9.17) is 0 Å². The molecule has 17 heavy (non-hydrogen) atoms. The molecule has 0 atom stereocenters. The number of hydrogen-bond acceptors (Lipinski definition) is 4. The summed E-state index contributed by atoms with van der Waals surface area (Å²) in [6, 6.07) is 0.282. The monoisotopic (exact) mass is 254 g/mol. The molecule has 1 heterocycles. The Morgan fingerprint density at radius 1 is 1.41 bits per heavy atom. The van der Waals surface area contributed by atoms with Crippen molar-refractivity contribution in [3.05, 3.63) is 11.6 Å². The van der Waals surface area contributed by atoms with Crippen molar-refractivity contribution in [1.82, 2.24) is 20.5 Å². The van der Waals surface area contributed by atoms with E-state index in [2.05, 4.69) is 26.8 Å². The first kappa shape index (κ1) is 12.4. The maximum atomic E-state index is 11.8. The second kappa shape index (κ2) is 5.53. The molecule has 6 heteroatoms. The minimum atomic E-state index is -0.165. The molecule has 0 aliphatic heterocycles. The summed E-state index contributed by atoms with van der Waals surface area (Å²) in [5.41, 5.74) is 0. The molecule has 0 spiro atoms. The number of aromatic amines is 1. The van der Waals surface area contributed by atoms with Gasteiger partial charge in [0, 0.05) is 11.3 Å². The van der Waals surface area contributed by atoms with Gasteiger partial charge in [-0.25, -0.2) is 4.98 Å². The molecule has 1 fully saturated rings. The van der Waals surface area contributed by atoms with E-state index in [9.17, 15) is 4.79 Å². The van der Waals surface area contributed by atoms with Crippen molar-refractivity contribution in [1.29, 1.82) is 0 Å². The van der Waals surface area contributed by atoms with Crippen LogP contribution in [0.1, 0.15) is 42.1 Å². The van der Waals surface area contributed by atoms with Crippen LogP contribution in [0.3, 0.4) is 0 Å². The van der Waals surface area contributed by atoms with E-state index in [-0.39, 0.29) is 17.8 Å². The maximum Gasteiger partial charge on any atom is 0.291 e. The van der Waals surface area contributed by atoms with Gasteiger partial charge >= 0.3 is 0 Å². The molecule has 0 saturated heterocycles. The Morgan fingerprint density at radius 3 is 2.65 bits per heavy atom. The lowest BCUT2D eigenvalue weighted by atomic mass is 9.95. The van der Waals surface area contributed by atoms with Gasteiger partial charge in [-0.15, -0.1) is 5.10 Å². The van der Waals surface area contributed by atoms with E-state index in [1.165, 1.54) is 12.8 Å². The van der Waals surface area contributed by atoms with E-state index in [1.807, 2.05) is 11.8 Å². The fourth-order valence-corrected chi connectivity index (χ4v) is 2.88. The highest BCUT2D eigenvalue weighted by Gasteiger charge is 2.23. The third-order valence-corrected chi connectivity index (χ3v) is 4.28. The van der Waals surface area contributed by atoms with Gasteiger partial charge in [-0.1, -0.05) is 0 Å².